The summed E-state index contributed by atoms with van der Waals surface area (Å²) in [5, 5.41) is 51.3. The van der Waals surface area contributed by atoms with Crippen molar-refractivity contribution in [3.8, 4) is 11.5 Å². The monoisotopic (exact) mass is 805 g/mol. The molecule has 9 N–H and O–H groups in total. The van der Waals surface area contributed by atoms with Crippen molar-refractivity contribution in [1.82, 2.24) is 26.6 Å². The van der Waals surface area contributed by atoms with Gasteiger partial charge in [-0.15, -0.1) is 0 Å². The van der Waals surface area contributed by atoms with E-state index >= 15 is 0 Å². The van der Waals surface area contributed by atoms with E-state index in [1.54, 1.807) is 67.6 Å². The lowest BCUT2D eigenvalue weighted by Gasteiger charge is -2.24. The first-order valence-electron chi connectivity index (χ1n) is 18.4. The Bertz CT molecular complexity index is 1860. The van der Waals surface area contributed by atoms with Crippen LogP contribution in [0.2, 0.25) is 0 Å². The Hall–Kier alpha value is -6.30. The molecule has 0 saturated heterocycles. The summed E-state index contributed by atoms with van der Waals surface area (Å²) in [7, 11) is 1.14. The molecule has 0 radical (unpaired) electrons. The number of ether oxygens (including phenoxy) is 2. The number of nitrogens with one attached hydrogen (secondary N) is 5. The second-order valence-corrected chi connectivity index (χ2v) is 13.3. The highest BCUT2D eigenvalue weighted by atomic mass is 16.5. The van der Waals surface area contributed by atoms with Gasteiger partial charge in [-0.3, -0.25) is 24.0 Å². The van der Waals surface area contributed by atoms with Gasteiger partial charge in [0.15, 0.2) is 0 Å². The number of phenols is 1. The van der Waals surface area contributed by atoms with Crippen molar-refractivity contribution in [3.63, 3.8) is 0 Å². The Morgan fingerprint density at radius 1 is 0.690 bits per heavy atom. The summed E-state index contributed by atoms with van der Waals surface area (Å²) in [4.78, 5) is 77.8. The van der Waals surface area contributed by atoms with Gasteiger partial charge in [-0.25, -0.2) is 4.79 Å². The lowest BCUT2D eigenvalue weighted by Crippen LogP contribution is -2.58. The summed E-state index contributed by atoms with van der Waals surface area (Å²) in [5.74, 6) is -4.50. The number of methoxy groups -OCH3 is 1. The molecule has 3 aromatic rings. The zero-order valence-corrected chi connectivity index (χ0v) is 32.5. The molecule has 0 heterocycles. The first-order chi connectivity index (χ1) is 27.7. The average Bonchev–Trinajstić information content (AvgIpc) is 3.22. The summed E-state index contributed by atoms with van der Waals surface area (Å²) >= 11 is 0. The number of carbonyl (C=O) groups is 6. The molecule has 0 aliphatic rings. The van der Waals surface area contributed by atoms with Gasteiger partial charge >= 0.3 is 5.97 Å². The predicted molar refractivity (Wildman–Crippen MR) is 210 cm³/mol. The second-order valence-electron chi connectivity index (χ2n) is 13.3. The topological polar surface area (TPSA) is 262 Å². The molecule has 0 bridgehead atoms. The number of hydrogen-bond acceptors (Lipinski definition) is 12. The number of benzene rings is 3. The summed E-state index contributed by atoms with van der Waals surface area (Å²) in [5.41, 5.74) is 2.58. The number of hydrogen-bond donors (Lipinski definition) is 9. The van der Waals surface area contributed by atoms with Gasteiger partial charge in [0.1, 0.15) is 48.4 Å². The zero-order valence-electron chi connectivity index (χ0n) is 32.5. The van der Waals surface area contributed by atoms with Crippen LogP contribution in [0.15, 0.2) is 90.5 Å². The third-order valence-electron chi connectivity index (χ3n) is 8.69. The molecular formula is C41H51N5O12. The number of aromatic hydroxyl groups is 1. The maximum Gasteiger partial charge on any atom is 0.328 e. The number of esters is 1. The van der Waals surface area contributed by atoms with Gasteiger partial charge < -0.3 is 56.5 Å². The summed E-state index contributed by atoms with van der Waals surface area (Å²) in [6.45, 7) is 1.76. The highest BCUT2D eigenvalue weighted by Gasteiger charge is 2.30. The zero-order chi connectivity index (χ0) is 42.6. The van der Waals surface area contributed by atoms with Gasteiger partial charge in [0.25, 0.3) is 0 Å². The van der Waals surface area contributed by atoms with Gasteiger partial charge in [-0.05, 0) is 66.5 Å². The van der Waals surface area contributed by atoms with E-state index in [1.807, 2.05) is 0 Å². The van der Waals surface area contributed by atoms with Crippen LogP contribution in [0.5, 0.6) is 11.5 Å². The van der Waals surface area contributed by atoms with Crippen LogP contribution in [-0.4, -0.2) is 120 Å². The first kappa shape index (κ1) is 46.1. The van der Waals surface area contributed by atoms with Crippen LogP contribution in [0, 0.1) is 0 Å². The lowest BCUT2D eigenvalue weighted by atomic mass is 10.0. The molecule has 0 aromatic heterocycles. The number of aliphatic hydroxyl groups is 3. The Morgan fingerprint density at radius 2 is 1.26 bits per heavy atom. The standard InChI is InChI=1S/C41H51N5O12/c1-25(23-47)17-18-58-31-15-11-29(12-16-31)20-33(41(56)57-3)45-39(54)34(24-48)46-38(53)32(19-28-9-13-30(49)14-10-28)44-36(51)22-42-37(52)26(2)43-40(55)35(50)21-27-7-5-4-6-8-27/h4-17,26,32-35,47-50H,18-24H2,1-3H3,(H,42,52)(H,43,55)(H,44,51)(H,45,54)(H,46,53)/b25-17+/t26-,32+,33+,34+,35-/m0/s1. The van der Waals surface area contributed by atoms with Crippen LogP contribution in [0.1, 0.15) is 30.5 Å². The third kappa shape index (κ3) is 15.7. The minimum atomic E-state index is -1.58. The van der Waals surface area contributed by atoms with E-state index in [1.165, 1.54) is 31.2 Å². The Morgan fingerprint density at radius 3 is 1.86 bits per heavy atom. The normalized spacial score (nSPS) is 13.7. The molecule has 0 saturated carbocycles. The minimum Gasteiger partial charge on any atom is -0.508 e. The van der Waals surface area contributed by atoms with E-state index in [0.717, 1.165) is 12.7 Å². The molecule has 0 aliphatic heterocycles. The molecule has 3 rings (SSSR count). The van der Waals surface area contributed by atoms with E-state index in [4.69, 9.17) is 14.6 Å². The van der Waals surface area contributed by atoms with Crippen LogP contribution >= 0.6 is 0 Å². The SMILES string of the molecule is COC(=O)[C@@H](Cc1ccc(OC/C=C(\C)CO)cc1)NC(=O)[C@@H](CO)NC(=O)[C@@H](Cc1ccc(O)cc1)NC(=O)CNC(=O)[C@H](C)NC(=O)[C@@H](O)Cc1ccccc1. The van der Waals surface area contributed by atoms with E-state index in [9.17, 15) is 44.1 Å². The van der Waals surface area contributed by atoms with Gasteiger partial charge in [0.05, 0.1) is 26.9 Å². The smallest absolute Gasteiger partial charge is 0.328 e. The molecule has 0 fully saturated rings. The fraction of sp³-hybridized carbons (Fsp3) is 0.366. The van der Waals surface area contributed by atoms with Crippen molar-refractivity contribution < 1.29 is 58.7 Å². The van der Waals surface area contributed by atoms with Gasteiger partial charge in [0, 0.05) is 19.3 Å². The van der Waals surface area contributed by atoms with E-state index in [0.29, 0.717) is 22.4 Å². The van der Waals surface area contributed by atoms with Crippen LogP contribution in [-0.2, 0) is 52.8 Å². The molecular weight excluding hydrogens is 754 g/mol. The van der Waals surface area contributed by atoms with Crippen molar-refractivity contribution in [2.24, 2.45) is 0 Å². The minimum absolute atomic E-state index is 0.0177. The number of rotatable bonds is 22. The van der Waals surface area contributed by atoms with Gasteiger partial charge in [-0.1, -0.05) is 54.6 Å². The van der Waals surface area contributed by atoms with E-state index in [2.05, 4.69) is 26.6 Å². The van der Waals surface area contributed by atoms with Gasteiger partial charge in [-0.2, -0.15) is 0 Å². The van der Waals surface area contributed by atoms with Crippen molar-refractivity contribution >= 4 is 35.5 Å². The summed E-state index contributed by atoms with van der Waals surface area (Å²) in [6, 6.07) is 15.9. The van der Waals surface area contributed by atoms with Crippen molar-refractivity contribution in [2.45, 2.75) is 63.4 Å². The maximum absolute atomic E-state index is 13.6. The molecule has 17 nitrogen and oxygen atoms in total. The first-order valence-corrected chi connectivity index (χ1v) is 18.4. The fourth-order valence-electron chi connectivity index (χ4n) is 5.32. The maximum atomic E-state index is 13.6. The Balaban J connectivity index is 1.63. The highest BCUT2D eigenvalue weighted by Crippen LogP contribution is 2.15. The number of amides is 5. The summed E-state index contributed by atoms with van der Waals surface area (Å²) < 4.78 is 10.5. The number of phenolic OH excluding ortho intramolecular Hbond substituents is 1. The molecule has 17 heteroatoms. The fourth-order valence-corrected chi connectivity index (χ4v) is 5.32. The van der Waals surface area contributed by atoms with Crippen LogP contribution < -0.4 is 31.3 Å². The van der Waals surface area contributed by atoms with Gasteiger partial charge in [0.2, 0.25) is 29.5 Å². The molecule has 5 amide bonds. The largest absolute Gasteiger partial charge is 0.508 e. The molecule has 0 unspecified atom stereocenters. The second kappa shape index (κ2) is 23.7. The highest BCUT2D eigenvalue weighted by molar-refractivity contribution is 5.95. The Kier molecular flexibility index (Phi) is 18.8. The van der Waals surface area contributed by atoms with E-state index < -0.39 is 78.9 Å². The summed E-state index contributed by atoms with van der Waals surface area (Å²) in [6.07, 6.45) is 0.168. The van der Waals surface area contributed by atoms with Crippen LogP contribution in [0.25, 0.3) is 0 Å². The van der Waals surface area contributed by atoms with Crippen LogP contribution in [0.3, 0.4) is 0 Å². The molecule has 58 heavy (non-hydrogen) atoms. The van der Waals surface area contributed by atoms with Crippen molar-refractivity contribution in [2.75, 3.05) is 33.5 Å². The van der Waals surface area contributed by atoms with Crippen molar-refractivity contribution in [1.29, 1.82) is 0 Å². The molecule has 5 atom stereocenters. The lowest BCUT2D eigenvalue weighted by molar-refractivity contribution is -0.145. The quantitative estimate of drug-likeness (QED) is 0.0453. The third-order valence-corrected chi connectivity index (χ3v) is 8.69. The Labute approximate surface area is 335 Å². The van der Waals surface area contributed by atoms with E-state index in [-0.39, 0.29) is 38.2 Å². The molecule has 0 aliphatic carbocycles. The molecule has 3 aromatic carbocycles. The van der Waals surface area contributed by atoms with Crippen molar-refractivity contribution in [3.05, 3.63) is 107 Å². The van der Waals surface area contributed by atoms with Crippen LogP contribution in [0.4, 0.5) is 0 Å². The molecule has 312 valence electrons. The number of aliphatic hydroxyl groups excluding tert-OH is 3. The average molecular weight is 806 g/mol. The predicted octanol–water partition coefficient (Wildman–Crippen LogP) is -0.661. The molecule has 0 spiro atoms. The number of carbonyl (C=O) groups excluding carboxylic acids is 6.